The second-order valence-electron chi connectivity index (χ2n) is 15.5. The van der Waals surface area contributed by atoms with Crippen molar-refractivity contribution in [3.05, 3.63) is 78.9 Å². The third-order valence-electron chi connectivity index (χ3n) is 11.4. The predicted octanol–water partition coefficient (Wildman–Crippen LogP) is 5.26. The summed E-state index contributed by atoms with van der Waals surface area (Å²) >= 11 is 0. The topological polar surface area (TPSA) is 190 Å². The maximum atomic E-state index is 13.9. The molecule has 2 aromatic carbocycles. The number of nitrogen functional groups attached to an aromatic ring is 1. The van der Waals surface area contributed by atoms with Crippen LogP contribution in [-0.2, 0) is 23.1 Å². The van der Waals surface area contributed by atoms with Gasteiger partial charge in [-0.25, -0.2) is 24.5 Å². The van der Waals surface area contributed by atoms with Crippen molar-refractivity contribution in [1.82, 2.24) is 19.5 Å². The first-order chi connectivity index (χ1) is 25.6. The predicted molar refractivity (Wildman–Crippen MR) is 205 cm³/mol. The van der Waals surface area contributed by atoms with E-state index in [0.29, 0.717) is 5.75 Å². The minimum atomic E-state index is -3.80. The third-order valence-corrected chi connectivity index (χ3v) is 24.4. The smallest absolute Gasteiger partial charge is 0.344 e. The minimum absolute atomic E-state index is 0.0969. The van der Waals surface area contributed by atoms with Crippen LogP contribution in [-0.4, -0.2) is 94.2 Å². The number of aromatic nitrogens is 4. The lowest BCUT2D eigenvalue weighted by molar-refractivity contribution is -0.167. The quantitative estimate of drug-likeness (QED) is 0.125. The van der Waals surface area contributed by atoms with Gasteiger partial charge in [0, 0.05) is 0 Å². The summed E-state index contributed by atoms with van der Waals surface area (Å²) in [5, 5.41) is 25.2. The lowest BCUT2D eigenvalue weighted by atomic mass is 9.93. The van der Waals surface area contributed by atoms with Gasteiger partial charge in [0.2, 0.25) is 16.6 Å². The van der Waals surface area contributed by atoms with E-state index < -0.39 is 70.7 Å². The van der Waals surface area contributed by atoms with Crippen molar-refractivity contribution in [3.63, 3.8) is 0 Å². The molecule has 6 rings (SSSR count). The van der Waals surface area contributed by atoms with Crippen molar-refractivity contribution in [3.8, 4) is 5.75 Å². The van der Waals surface area contributed by atoms with Crippen LogP contribution in [0.1, 0.15) is 72.0 Å². The number of anilines is 1. The molecule has 2 aliphatic heterocycles. The molecular weight excluding hydrogens is 727 g/mol. The van der Waals surface area contributed by atoms with Gasteiger partial charge in [-0.1, -0.05) is 91.8 Å². The highest BCUT2D eigenvalue weighted by atomic mass is 28.4. The Morgan fingerprint density at radius 2 is 1.50 bits per heavy atom. The van der Waals surface area contributed by atoms with Gasteiger partial charge >= 0.3 is 11.9 Å². The summed E-state index contributed by atoms with van der Waals surface area (Å²) in [6, 6.07) is 17.3. The summed E-state index contributed by atoms with van der Waals surface area (Å²) in [4.78, 5) is 40.4. The summed E-state index contributed by atoms with van der Waals surface area (Å²) in [5.74, 6) is -0.840. The maximum absolute atomic E-state index is 13.9. The number of carbonyl (C=O) groups is 2. The van der Waals surface area contributed by atoms with Crippen molar-refractivity contribution in [2.45, 2.75) is 106 Å². The molecule has 16 heteroatoms. The Hall–Kier alpha value is -4.20. The van der Waals surface area contributed by atoms with E-state index in [4.69, 9.17) is 28.8 Å². The van der Waals surface area contributed by atoms with Gasteiger partial charge in [-0.05, 0) is 46.4 Å². The van der Waals surface area contributed by atoms with Crippen LogP contribution in [0.3, 0.4) is 0 Å². The second-order valence-corrected chi connectivity index (χ2v) is 25.6. The Morgan fingerprint density at radius 1 is 0.889 bits per heavy atom. The normalized spacial score (nSPS) is 26.0. The average Bonchev–Trinajstić information content (AvgIpc) is 3.67. The number of hydrogen-bond acceptors (Lipinski definition) is 13. The summed E-state index contributed by atoms with van der Waals surface area (Å²) in [5.41, 5.74) is 2.42. The number of carbonyl (C=O) groups excluding carboxylic acids is 2. The van der Waals surface area contributed by atoms with Crippen LogP contribution in [0.25, 0.3) is 11.2 Å². The average molecular weight is 778 g/mol. The SMILES string of the molecule is CC(C)[Si]1(C(C)C)O[Si](C(C)C)(C(C)C)[C@@]2(O)[C@H](O[C@@H](n3cnc4c(N)ncnc43)[C@@]2(O)COC(=O)c2ccccc2)C1OC(=O)COc1ccccc1. The molecule has 0 aliphatic carbocycles. The zero-order valence-corrected chi connectivity index (χ0v) is 34.0. The van der Waals surface area contributed by atoms with E-state index in [-0.39, 0.29) is 44.7 Å². The van der Waals surface area contributed by atoms with Gasteiger partial charge in [0.1, 0.15) is 41.3 Å². The molecule has 0 spiro atoms. The number of aliphatic hydroxyl groups is 2. The molecule has 1 unspecified atom stereocenters. The molecule has 14 nitrogen and oxygen atoms in total. The first-order valence-electron chi connectivity index (χ1n) is 18.4. The highest BCUT2D eigenvalue weighted by molar-refractivity contribution is 6.93. The number of benzene rings is 2. The van der Waals surface area contributed by atoms with E-state index in [2.05, 4.69) is 15.0 Å². The van der Waals surface area contributed by atoms with Gasteiger partial charge < -0.3 is 39.0 Å². The van der Waals surface area contributed by atoms with E-state index >= 15 is 0 Å². The van der Waals surface area contributed by atoms with Crippen LogP contribution in [0, 0.1) is 0 Å². The number of esters is 2. The van der Waals surface area contributed by atoms with Crippen molar-refractivity contribution in [1.29, 1.82) is 0 Å². The summed E-state index contributed by atoms with van der Waals surface area (Å²) in [6.07, 6.45) is -0.168. The molecule has 4 N–H and O–H groups in total. The van der Waals surface area contributed by atoms with Crippen LogP contribution in [0.2, 0.25) is 22.2 Å². The van der Waals surface area contributed by atoms with E-state index in [1.165, 1.54) is 17.2 Å². The first-order valence-corrected chi connectivity index (χ1v) is 22.6. The van der Waals surface area contributed by atoms with Crippen molar-refractivity contribution < 1.29 is 42.9 Å². The van der Waals surface area contributed by atoms with Crippen molar-refractivity contribution in [2.75, 3.05) is 18.9 Å². The van der Waals surface area contributed by atoms with Crippen molar-refractivity contribution in [2.24, 2.45) is 0 Å². The number of nitrogens with two attached hydrogens (primary N) is 1. The minimum Gasteiger partial charge on any atom is -0.482 e. The summed E-state index contributed by atoms with van der Waals surface area (Å²) in [7, 11) is -7.18. The molecular formula is C38H51N5O9Si2. The van der Waals surface area contributed by atoms with Crippen LogP contribution < -0.4 is 10.5 Å². The van der Waals surface area contributed by atoms with Gasteiger partial charge in [-0.3, -0.25) is 4.57 Å². The molecule has 5 atom stereocenters. The Morgan fingerprint density at radius 3 is 2.09 bits per heavy atom. The molecule has 2 fully saturated rings. The van der Waals surface area contributed by atoms with Crippen LogP contribution in [0.15, 0.2) is 73.3 Å². The van der Waals surface area contributed by atoms with Crippen LogP contribution >= 0.6 is 0 Å². The third kappa shape index (κ3) is 6.03. The standard InChI is InChI=1S/C38H51N5O9Si2/c1-23(2)53(24(3)4)35(50-29(44)19-48-28-17-13-10-14-18-28)31-38(47,54(52-53,25(5)6)26(7)8)37(46,20-49-34(45)27-15-11-9-12-16-27)36(51-31)43-22-42-30-32(39)40-21-41-33(30)43/h9-18,21-26,31,35-36,46-47H,19-20H2,1-8H3,(H2,39,40,41)/t31-,35?,36-,37+,38+/m1/s1. The molecule has 2 saturated heterocycles. The Labute approximate surface area is 317 Å². The Balaban J connectivity index is 1.57. The highest BCUT2D eigenvalue weighted by Crippen LogP contribution is 2.64. The molecule has 0 radical (unpaired) electrons. The fraction of sp³-hybridized carbons (Fsp3) is 0.500. The van der Waals surface area contributed by atoms with E-state index in [0.717, 1.165) is 0 Å². The van der Waals surface area contributed by atoms with Crippen LogP contribution in [0.4, 0.5) is 5.82 Å². The fourth-order valence-electron chi connectivity index (χ4n) is 8.98. The van der Waals surface area contributed by atoms with Gasteiger partial charge in [-0.2, -0.15) is 0 Å². The Bertz CT molecular complexity index is 1950. The monoisotopic (exact) mass is 777 g/mol. The van der Waals surface area contributed by atoms with Gasteiger partial charge in [0.05, 0.1) is 11.9 Å². The highest BCUT2D eigenvalue weighted by Gasteiger charge is 2.85. The number of nitrogens with zero attached hydrogens (tertiary/aromatic N) is 4. The molecule has 0 bridgehead atoms. The lowest BCUT2D eigenvalue weighted by Gasteiger charge is -2.65. The Kier molecular flexibility index (Phi) is 10.8. The van der Waals surface area contributed by atoms with Crippen molar-refractivity contribution >= 4 is 45.6 Å². The lowest BCUT2D eigenvalue weighted by Crippen LogP contribution is -2.87. The number of hydrogen-bond donors (Lipinski definition) is 3. The first kappa shape index (κ1) is 39.5. The molecule has 2 aromatic heterocycles. The zero-order chi connectivity index (χ0) is 39.2. The van der Waals surface area contributed by atoms with Gasteiger partial charge in [-0.15, -0.1) is 0 Å². The zero-order valence-electron chi connectivity index (χ0n) is 32.0. The van der Waals surface area contributed by atoms with Gasteiger partial charge in [0.15, 0.2) is 29.9 Å². The largest absolute Gasteiger partial charge is 0.482 e. The molecule has 4 heterocycles. The molecule has 4 aromatic rings. The molecule has 54 heavy (non-hydrogen) atoms. The molecule has 290 valence electrons. The molecule has 0 saturated carbocycles. The number of fused-ring (bicyclic) bond motifs is 2. The number of para-hydroxylation sites is 1. The summed E-state index contributed by atoms with van der Waals surface area (Å²) < 4.78 is 34.4. The van der Waals surface area contributed by atoms with E-state index in [1.54, 1.807) is 54.6 Å². The van der Waals surface area contributed by atoms with E-state index in [1.807, 2.05) is 61.5 Å². The van der Waals surface area contributed by atoms with Crippen LogP contribution in [0.5, 0.6) is 5.75 Å². The molecule has 2 aliphatic rings. The summed E-state index contributed by atoms with van der Waals surface area (Å²) in [6.45, 7) is 14.9. The van der Waals surface area contributed by atoms with E-state index in [9.17, 15) is 19.8 Å². The fourth-order valence-corrected chi connectivity index (χ4v) is 24.7. The maximum Gasteiger partial charge on any atom is 0.344 e. The molecule has 0 amide bonds. The number of rotatable bonds is 12. The number of ether oxygens (including phenoxy) is 4. The van der Waals surface area contributed by atoms with Gasteiger partial charge in [0.25, 0.3) is 0 Å². The second kappa shape index (κ2) is 14.8. The number of imidazole rings is 1.